The second-order valence-corrected chi connectivity index (χ2v) is 5.11. The molecule has 0 fully saturated rings. The topological polar surface area (TPSA) is 64.0 Å². The minimum atomic E-state index is -0.661. The van der Waals surface area contributed by atoms with Crippen LogP contribution in [0.5, 0.6) is 0 Å². The molecule has 1 heterocycles. The molecule has 1 N–H and O–H groups in total. The van der Waals surface area contributed by atoms with Gasteiger partial charge in [0.15, 0.2) is 0 Å². The van der Waals surface area contributed by atoms with E-state index < -0.39 is 11.7 Å². The van der Waals surface area contributed by atoms with Gasteiger partial charge in [0, 0.05) is 17.1 Å². The Morgan fingerprint density at radius 2 is 1.95 bits per heavy atom. The predicted molar refractivity (Wildman–Crippen MR) is 82.3 cm³/mol. The van der Waals surface area contributed by atoms with Crippen LogP contribution in [0.15, 0.2) is 35.1 Å². The van der Waals surface area contributed by atoms with Gasteiger partial charge < -0.3 is 5.32 Å². The molecule has 6 heteroatoms. The molecule has 2 aromatic rings. The zero-order valence-corrected chi connectivity index (χ0v) is 12.8. The first-order valence-corrected chi connectivity index (χ1v) is 7.05. The summed E-state index contributed by atoms with van der Waals surface area (Å²) in [4.78, 5) is 28.4. The van der Waals surface area contributed by atoms with Crippen molar-refractivity contribution < 1.29 is 9.18 Å². The number of benzene rings is 1. The summed E-state index contributed by atoms with van der Waals surface area (Å²) in [7, 11) is 0. The molecule has 22 heavy (non-hydrogen) atoms. The van der Waals surface area contributed by atoms with Crippen LogP contribution in [0.1, 0.15) is 30.8 Å². The molecule has 0 bridgehead atoms. The Hall–Kier alpha value is -2.50. The number of nitrogens with one attached hydrogen (secondary N) is 1. The van der Waals surface area contributed by atoms with E-state index in [2.05, 4.69) is 10.3 Å². The normalized spacial score (nSPS) is 12.0. The van der Waals surface area contributed by atoms with Crippen molar-refractivity contribution in [1.29, 1.82) is 0 Å². The van der Waals surface area contributed by atoms with Crippen LogP contribution in [0.3, 0.4) is 0 Å². The van der Waals surface area contributed by atoms with Gasteiger partial charge in [-0.25, -0.2) is 9.18 Å². The maximum atomic E-state index is 12.9. The minimum absolute atomic E-state index is 0.329. The molecule has 0 radical (unpaired) electrons. The Morgan fingerprint density at radius 1 is 1.32 bits per heavy atom. The number of nitrogens with zero attached hydrogens (tertiary/aromatic N) is 2. The number of hydrogen-bond acceptors (Lipinski definition) is 3. The number of amides is 1. The highest BCUT2D eigenvalue weighted by Gasteiger charge is 2.22. The molecule has 0 spiro atoms. The van der Waals surface area contributed by atoms with Crippen LogP contribution in [0.4, 0.5) is 10.1 Å². The van der Waals surface area contributed by atoms with E-state index in [4.69, 9.17) is 0 Å². The second kappa shape index (κ2) is 6.51. The average molecular weight is 303 g/mol. The maximum Gasteiger partial charge on any atom is 0.348 e. The zero-order valence-electron chi connectivity index (χ0n) is 12.8. The number of anilines is 1. The summed E-state index contributed by atoms with van der Waals surface area (Å²) in [5.41, 5.74) is 1.33. The molecular weight excluding hydrogens is 285 g/mol. The Bertz CT molecular complexity index is 738. The number of carbonyl (C=O) groups excluding carboxylic acids is 1. The van der Waals surface area contributed by atoms with Gasteiger partial charge in [-0.1, -0.05) is 6.92 Å². The Kier molecular flexibility index (Phi) is 4.70. The first kappa shape index (κ1) is 15.9. The number of carbonyl (C=O) groups is 1. The number of aryl methyl sites for hydroxylation is 2. The van der Waals surface area contributed by atoms with E-state index in [1.807, 2.05) is 6.92 Å². The third-order valence-corrected chi connectivity index (χ3v) is 3.39. The summed E-state index contributed by atoms with van der Waals surface area (Å²) in [6.07, 6.45) is 0.443. The SMILES string of the molecule is CC[C@@H](C(=O)Nc1ccc(F)cc1)n1c(C)cc(C)nc1=O. The molecule has 1 amide bonds. The molecule has 0 saturated heterocycles. The lowest BCUT2D eigenvalue weighted by molar-refractivity contribution is -0.119. The highest BCUT2D eigenvalue weighted by molar-refractivity contribution is 5.93. The van der Waals surface area contributed by atoms with Gasteiger partial charge in [0.05, 0.1) is 0 Å². The Labute approximate surface area is 127 Å². The molecule has 1 aromatic carbocycles. The van der Waals surface area contributed by atoms with Crippen molar-refractivity contribution in [3.05, 3.63) is 58.0 Å². The van der Waals surface area contributed by atoms with Crippen molar-refractivity contribution in [3.8, 4) is 0 Å². The van der Waals surface area contributed by atoms with E-state index in [0.29, 0.717) is 23.5 Å². The number of halogens is 1. The Morgan fingerprint density at radius 3 is 2.50 bits per heavy atom. The van der Waals surface area contributed by atoms with Gasteiger partial charge in [0.2, 0.25) is 5.91 Å². The number of hydrogen-bond donors (Lipinski definition) is 1. The van der Waals surface area contributed by atoms with Crippen LogP contribution in [0.25, 0.3) is 0 Å². The molecule has 0 aliphatic heterocycles. The molecule has 2 rings (SSSR count). The largest absolute Gasteiger partial charge is 0.348 e. The van der Waals surface area contributed by atoms with Crippen molar-refractivity contribution in [2.24, 2.45) is 0 Å². The van der Waals surface area contributed by atoms with Crippen molar-refractivity contribution in [1.82, 2.24) is 9.55 Å². The lowest BCUT2D eigenvalue weighted by Gasteiger charge is -2.20. The maximum absolute atomic E-state index is 12.9. The predicted octanol–water partition coefficient (Wildman–Crippen LogP) is 2.59. The first-order valence-electron chi connectivity index (χ1n) is 7.05. The van der Waals surface area contributed by atoms with Crippen LogP contribution in [-0.4, -0.2) is 15.5 Å². The molecule has 1 aromatic heterocycles. The highest BCUT2D eigenvalue weighted by atomic mass is 19.1. The van der Waals surface area contributed by atoms with Gasteiger partial charge in [-0.3, -0.25) is 9.36 Å². The lowest BCUT2D eigenvalue weighted by atomic mass is 10.1. The summed E-state index contributed by atoms with van der Waals surface area (Å²) in [6.45, 7) is 5.32. The summed E-state index contributed by atoms with van der Waals surface area (Å²) >= 11 is 0. The van der Waals surface area contributed by atoms with Gasteiger partial charge in [0.1, 0.15) is 11.9 Å². The van der Waals surface area contributed by atoms with Gasteiger partial charge in [-0.15, -0.1) is 0 Å². The molecule has 1 atom stereocenters. The van der Waals surface area contributed by atoms with E-state index in [1.165, 1.54) is 28.8 Å². The van der Waals surface area contributed by atoms with Gasteiger partial charge >= 0.3 is 5.69 Å². The highest BCUT2D eigenvalue weighted by Crippen LogP contribution is 2.16. The van der Waals surface area contributed by atoms with E-state index in [0.717, 1.165) is 0 Å². The quantitative estimate of drug-likeness (QED) is 0.944. The summed E-state index contributed by atoms with van der Waals surface area (Å²) in [6, 6.07) is 6.58. The third kappa shape index (κ3) is 3.39. The van der Waals surface area contributed by atoms with E-state index in [-0.39, 0.29) is 11.7 Å². The average Bonchev–Trinajstić information content (AvgIpc) is 2.45. The molecule has 5 nitrogen and oxygen atoms in total. The molecule has 0 aliphatic carbocycles. The summed E-state index contributed by atoms with van der Waals surface area (Å²) in [5, 5.41) is 2.69. The molecule has 0 unspecified atom stereocenters. The zero-order chi connectivity index (χ0) is 16.3. The standard InChI is InChI=1S/C16H18FN3O2/c1-4-14(20-11(3)9-10(2)18-16(20)22)15(21)19-13-7-5-12(17)6-8-13/h5-9,14H,4H2,1-3H3,(H,19,21)/t14-/m0/s1. The van der Waals surface area contributed by atoms with Gasteiger partial charge in [0.25, 0.3) is 0 Å². The van der Waals surface area contributed by atoms with Crippen molar-refractivity contribution in [2.75, 3.05) is 5.32 Å². The van der Waals surface area contributed by atoms with Crippen LogP contribution < -0.4 is 11.0 Å². The van der Waals surface area contributed by atoms with Crippen LogP contribution >= 0.6 is 0 Å². The minimum Gasteiger partial charge on any atom is -0.324 e. The van der Waals surface area contributed by atoms with E-state index >= 15 is 0 Å². The first-order chi connectivity index (χ1) is 10.4. The fraction of sp³-hybridized carbons (Fsp3) is 0.312. The second-order valence-electron chi connectivity index (χ2n) is 5.11. The van der Waals surface area contributed by atoms with Crippen molar-refractivity contribution >= 4 is 11.6 Å². The number of rotatable bonds is 4. The fourth-order valence-electron chi connectivity index (χ4n) is 2.38. The fourth-order valence-corrected chi connectivity index (χ4v) is 2.38. The summed E-state index contributed by atoms with van der Waals surface area (Å²) in [5.74, 6) is -0.704. The Balaban J connectivity index is 2.30. The molecule has 0 aliphatic rings. The lowest BCUT2D eigenvalue weighted by Crippen LogP contribution is -2.36. The molecule has 116 valence electrons. The van der Waals surface area contributed by atoms with Crippen LogP contribution in [-0.2, 0) is 4.79 Å². The summed E-state index contributed by atoms with van der Waals surface area (Å²) < 4.78 is 14.3. The van der Waals surface area contributed by atoms with Gasteiger partial charge in [-0.05, 0) is 50.6 Å². The van der Waals surface area contributed by atoms with E-state index in [9.17, 15) is 14.0 Å². The van der Waals surface area contributed by atoms with E-state index in [1.54, 1.807) is 19.9 Å². The number of aromatic nitrogens is 2. The smallest absolute Gasteiger partial charge is 0.324 e. The monoisotopic (exact) mass is 303 g/mol. The third-order valence-electron chi connectivity index (χ3n) is 3.39. The molecular formula is C16H18FN3O2. The van der Waals surface area contributed by atoms with Gasteiger partial charge in [-0.2, -0.15) is 4.98 Å². The van der Waals surface area contributed by atoms with Crippen molar-refractivity contribution in [2.45, 2.75) is 33.2 Å². The van der Waals surface area contributed by atoms with Crippen LogP contribution in [0.2, 0.25) is 0 Å². The van der Waals surface area contributed by atoms with Crippen LogP contribution in [0, 0.1) is 19.7 Å². The van der Waals surface area contributed by atoms with Crippen molar-refractivity contribution in [3.63, 3.8) is 0 Å². The molecule has 0 saturated carbocycles.